The predicted molar refractivity (Wildman–Crippen MR) is 38.6 cm³/mol. The van der Waals surface area contributed by atoms with Crippen LogP contribution in [0.4, 0.5) is 10.2 Å². The standard InChI is InChI=1S/C6H8FN3O/c1-2-3-9-5(8)4(7)6(11)10-3/h2H2,1H3,(H3,8,9,10,11). The van der Waals surface area contributed by atoms with Crippen LogP contribution in [0.15, 0.2) is 4.79 Å². The number of hydrogen-bond acceptors (Lipinski definition) is 3. The number of nitrogen functional groups attached to an aromatic ring is 1. The second-order valence-corrected chi connectivity index (χ2v) is 2.07. The van der Waals surface area contributed by atoms with Crippen molar-refractivity contribution in [2.24, 2.45) is 0 Å². The number of aromatic amines is 1. The number of nitrogens with two attached hydrogens (primary N) is 1. The van der Waals surface area contributed by atoms with Crippen LogP contribution in [0, 0.1) is 5.82 Å². The fourth-order valence-electron chi connectivity index (χ4n) is 0.692. The van der Waals surface area contributed by atoms with E-state index in [4.69, 9.17) is 5.73 Å². The summed E-state index contributed by atoms with van der Waals surface area (Å²) in [4.78, 5) is 16.5. The Kier molecular flexibility index (Phi) is 1.89. The molecule has 0 aromatic carbocycles. The van der Waals surface area contributed by atoms with Gasteiger partial charge in [-0.15, -0.1) is 0 Å². The minimum atomic E-state index is -1.01. The number of hydrogen-bond donors (Lipinski definition) is 2. The van der Waals surface area contributed by atoms with Crippen LogP contribution in [0.1, 0.15) is 12.7 Å². The van der Waals surface area contributed by atoms with Crippen molar-refractivity contribution >= 4 is 5.82 Å². The van der Waals surface area contributed by atoms with Crippen LogP contribution < -0.4 is 11.3 Å². The molecule has 0 radical (unpaired) electrons. The summed E-state index contributed by atoms with van der Waals surface area (Å²) >= 11 is 0. The summed E-state index contributed by atoms with van der Waals surface area (Å²) in [5, 5.41) is 0. The van der Waals surface area contributed by atoms with Crippen LogP contribution in [0.25, 0.3) is 0 Å². The van der Waals surface area contributed by atoms with Crippen LogP contribution >= 0.6 is 0 Å². The Bertz CT molecular complexity index is 320. The smallest absolute Gasteiger partial charge is 0.289 e. The lowest BCUT2D eigenvalue weighted by molar-refractivity contribution is 0.601. The zero-order chi connectivity index (χ0) is 8.43. The van der Waals surface area contributed by atoms with E-state index in [1.165, 1.54) is 0 Å². The first kappa shape index (κ1) is 7.71. The summed E-state index contributed by atoms with van der Waals surface area (Å²) in [5.41, 5.74) is 4.28. The van der Waals surface area contributed by atoms with Gasteiger partial charge in [-0.25, -0.2) is 4.98 Å². The summed E-state index contributed by atoms with van der Waals surface area (Å²) < 4.78 is 12.5. The molecule has 0 aliphatic heterocycles. The molecule has 0 atom stereocenters. The van der Waals surface area contributed by atoms with Crippen molar-refractivity contribution in [3.63, 3.8) is 0 Å². The van der Waals surface area contributed by atoms with E-state index in [0.717, 1.165) is 0 Å². The summed E-state index contributed by atoms with van der Waals surface area (Å²) in [6.45, 7) is 1.79. The molecule has 0 fully saturated rings. The molecule has 0 saturated heterocycles. The highest BCUT2D eigenvalue weighted by atomic mass is 19.1. The molecule has 11 heavy (non-hydrogen) atoms. The maximum absolute atomic E-state index is 12.5. The Hall–Kier alpha value is -1.39. The van der Waals surface area contributed by atoms with Gasteiger partial charge in [0.25, 0.3) is 5.56 Å². The molecule has 0 unspecified atom stereocenters. The third-order valence-corrected chi connectivity index (χ3v) is 1.27. The van der Waals surface area contributed by atoms with Crippen molar-refractivity contribution in [2.45, 2.75) is 13.3 Å². The van der Waals surface area contributed by atoms with Gasteiger partial charge in [0.15, 0.2) is 5.82 Å². The number of aromatic nitrogens is 2. The van der Waals surface area contributed by atoms with Gasteiger partial charge in [0.2, 0.25) is 5.82 Å². The highest BCUT2D eigenvalue weighted by molar-refractivity contribution is 5.27. The molecule has 1 aromatic rings. The lowest BCUT2D eigenvalue weighted by Gasteiger charge is -1.97. The molecule has 5 heteroatoms. The number of nitrogens with one attached hydrogen (secondary N) is 1. The van der Waals surface area contributed by atoms with Crippen molar-refractivity contribution in [2.75, 3.05) is 5.73 Å². The van der Waals surface area contributed by atoms with E-state index >= 15 is 0 Å². The minimum absolute atomic E-state index is 0.342. The molecule has 0 aliphatic rings. The monoisotopic (exact) mass is 157 g/mol. The van der Waals surface area contributed by atoms with Gasteiger partial charge >= 0.3 is 0 Å². The number of anilines is 1. The third kappa shape index (κ3) is 1.36. The zero-order valence-corrected chi connectivity index (χ0v) is 6.02. The number of H-pyrrole nitrogens is 1. The summed E-state index contributed by atoms with van der Waals surface area (Å²) in [5.74, 6) is -0.957. The van der Waals surface area contributed by atoms with Crippen LogP contribution in [0.5, 0.6) is 0 Å². The Morgan fingerprint density at radius 2 is 2.36 bits per heavy atom. The second-order valence-electron chi connectivity index (χ2n) is 2.07. The topological polar surface area (TPSA) is 71.8 Å². The summed E-state index contributed by atoms with van der Waals surface area (Å²) in [6.07, 6.45) is 0.528. The highest BCUT2D eigenvalue weighted by Crippen LogP contribution is 1.99. The van der Waals surface area contributed by atoms with Crippen molar-refractivity contribution in [1.82, 2.24) is 9.97 Å². The lowest BCUT2D eigenvalue weighted by Crippen LogP contribution is -2.17. The Morgan fingerprint density at radius 1 is 1.73 bits per heavy atom. The lowest BCUT2D eigenvalue weighted by atomic mass is 10.4. The molecular weight excluding hydrogens is 149 g/mol. The maximum atomic E-state index is 12.5. The third-order valence-electron chi connectivity index (χ3n) is 1.27. The van der Waals surface area contributed by atoms with Crippen LogP contribution in [-0.4, -0.2) is 9.97 Å². The number of halogens is 1. The molecule has 1 rings (SSSR count). The molecule has 0 amide bonds. The molecule has 1 heterocycles. The van der Waals surface area contributed by atoms with Gasteiger partial charge < -0.3 is 10.7 Å². The average molecular weight is 157 g/mol. The van der Waals surface area contributed by atoms with E-state index < -0.39 is 11.4 Å². The fourth-order valence-corrected chi connectivity index (χ4v) is 0.692. The zero-order valence-electron chi connectivity index (χ0n) is 6.02. The van der Waals surface area contributed by atoms with Gasteiger partial charge in [0.1, 0.15) is 5.82 Å². The van der Waals surface area contributed by atoms with Gasteiger partial charge in [-0.3, -0.25) is 4.79 Å². The molecule has 4 nitrogen and oxygen atoms in total. The van der Waals surface area contributed by atoms with E-state index in [1.54, 1.807) is 6.92 Å². The molecule has 0 aliphatic carbocycles. The molecule has 0 saturated carbocycles. The number of nitrogens with zero attached hydrogens (tertiary/aromatic N) is 1. The van der Waals surface area contributed by atoms with Gasteiger partial charge in [-0.05, 0) is 0 Å². The van der Waals surface area contributed by atoms with E-state index in [1.807, 2.05) is 0 Å². The van der Waals surface area contributed by atoms with E-state index in [9.17, 15) is 9.18 Å². The van der Waals surface area contributed by atoms with Crippen LogP contribution in [0.3, 0.4) is 0 Å². The SMILES string of the molecule is CCc1nc(N)c(F)c(=O)[nH]1. The van der Waals surface area contributed by atoms with Gasteiger partial charge in [-0.2, -0.15) is 4.39 Å². The van der Waals surface area contributed by atoms with Gasteiger partial charge in [-0.1, -0.05) is 6.92 Å². The fraction of sp³-hybridized carbons (Fsp3) is 0.333. The van der Waals surface area contributed by atoms with Gasteiger partial charge in [0.05, 0.1) is 0 Å². The molecule has 0 bridgehead atoms. The number of aryl methyl sites for hydroxylation is 1. The molecule has 60 valence electrons. The van der Waals surface area contributed by atoms with E-state index in [0.29, 0.717) is 12.2 Å². The molecule has 0 spiro atoms. The first-order chi connectivity index (χ1) is 5.15. The van der Waals surface area contributed by atoms with Gasteiger partial charge in [0, 0.05) is 6.42 Å². The second kappa shape index (κ2) is 2.69. The van der Waals surface area contributed by atoms with Crippen LogP contribution in [0.2, 0.25) is 0 Å². The van der Waals surface area contributed by atoms with E-state index in [2.05, 4.69) is 9.97 Å². The van der Waals surface area contributed by atoms with Crippen molar-refractivity contribution in [1.29, 1.82) is 0 Å². The average Bonchev–Trinajstić information content (AvgIpc) is 1.99. The molecule has 1 aromatic heterocycles. The first-order valence-electron chi connectivity index (χ1n) is 3.19. The quantitative estimate of drug-likeness (QED) is 0.605. The highest BCUT2D eigenvalue weighted by Gasteiger charge is 2.05. The summed E-state index contributed by atoms with van der Waals surface area (Å²) in [7, 11) is 0. The Labute approximate surface area is 62.3 Å². The normalized spacial score (nSPS) is 10.0. The molecular formula is C6H8FN3O. The Morgan fingerprint density at radius 3 is 2.82 bits per heavy atom. The molecule has 3 N–H and O–H groups in total. The number of rotatable bonds is 1. The van der Waals surface area contributed by atoms with Crippen molar-refractivity contribution < 1.29 is 4.39 Å². The van der Waals surface area contributed by atoms with Crippen molar-refractivity contribution in [3.8, 4) is 0 Å². The Balaban J connectivity index is 3.32. The minimum Gasteiger partial charge on any atom is -0.381 e. The van der Waals surface area contributed by atoms with E-state index in [-0.39, 0.29) is 5.82 Å². The predicted octanol–water partition coefficient (Wildman–Crippen LogP) is 0.0536. The van der Waals surface area contributed by atoms with Crippen LogP contribution in [-0.2, 0) is 6.42 Å². The van der Waals surface area contributed by atoms with Crippen molar-refractivity contribution in [3.05, 3.63) is 22.0 Å². The first-order valence-corrected chi connectivity index (χ1v) is 3.19. The summed E-state index contributed by atoms with van der Waals surface area (Å²) in [6, 6.07) is 0. The largest absolute Gasteiger partial charge is 0.381 e. The maximum Gasteiger partial charge on any atom is 0.289 e.